The Morgan fingerprint density at radius 2 is 1.61 bits per heavy atom. The number of carbonyl (C=O) groups is 2. The van der Waals surface area contributed by atoms with Crippen molar-refractivity contribution < 1.29 is 14.7 Å². The van der Waals surface area contributed by atoms with Crippen LogP contribution in [0.15, 0.2) is 24.3 Å². The summed E-state index contributed by atoms with van der Waals surface area (Å²) in [6.45, 7) is 0. The zero-order valence-electron chi connectivity index (χ0n) is 9.93. The zero-order valence-corrected chi connectivity index (χ0v) is 10.7. The maximum atomic E-state index is 12.3. The molecule has 0 aromatic heterocycles. The first-order valence-corrected chi connectivity index (χ1v) is 6.50. The number of rotatable bonds is 3. The van der Waals surface area contributed by atoms with Gasteiger partial charge in [0.1, 0.15) is 0 Å². The summed E-state index contributed by atoms with van der Waals surface area (Å²) in [4.78, 5) is 23.5. The molecule has 1 N–H and O–H groups in total. The fraction of sp³-hybridized carbons (Fsp3) is 0.429. The minimum atomic E-state index is -0.859. The van der Waals surface area contributed by atoms with Gasteiger partial charge in [0.05, 0.1) is 5.92 Å². The van der Waals surface area contributed by atoms with Gasteiger partial charge in [-0.1, -0.05) is 24.4 Å². The van der Waals surface area contributed by atoms with Crippen molar-refractivity contribution in [1.82, 2.24) is 0 Å². The van der Waals surface area contributed by atoms with Gasteiger partial charge in [0.15, 0.2) is 5.78 Å². The molecule has 1 aliphatic carbocycles. The molecule has 0 radical (unpaired) electrons. The molecule has 1 fully saturated rings. The molecule has 1 saturated carbocycles. The summed E-state index contributed by atoms with van der Waals surface area (Å²) in [5.41, 5.74) is 0.553. The Kier molecular flexibility index (Phi) is 4.02. The molecule has 0 heterocycles. The number of carbonyl (C=O) groups excluding carboxylic acids is 1. The summed E-state index contributed by atoms with van der Waals surface area (Å²) in [5.74, 6) is -1.86. The summed E-state index contributed by atoms with van der Waals surface area (Å²) >= 11 is 5.78. The van der Waals surface area contributed by atoms with Crippen LogP contribution < -0.4 is 0 Å². The molecule has 18 heavy (non-hydrogen) atoms. The molecule has 2 atom stereocenters. The van der Waals surface area contributed by atoms with Crippen molar-refractivity contribution in [2.24, 2.45) is 11.8 Å². The van der Waals surface area contributed by atoms with Crippen molar-refractivity contribution in [3.8, 4) is 0 Å². The van der Waals surface area contributed by atoms with E-state index in [1.54, 1.807) is 24.3 Å². The van der Waals surface area contributed by atoms with Crippen LogP contribution in [0, 0.1) is 11.8 Å². The van der Waals surface area contributed by atoms with Crippen molar-refractivity contribution in [2.45, 2.75) is 25.7 Å². The van der Waals surface area contributed by atoms with Crippen LogP contribution in [0.3, 0.4) is 0 Å². The lowest BCUT2D eigenvalue weighted by Crippen LogP contribution is -2.32. The van der Waals surface area contributed by atoms with Crippen LogP contribution in [0.5, 0.6) is 0 Å². The van der Waals surface area contributed by atoms with Gasteiger partial charge in [-0.2, -0.15) is 0 Å². The van der Waals surface area contributed by atoms with Crippen molar-refractivity contribution in [2.75, 3.05) is 0 Å². The van der Waals surface area contributed by atoms with Gasteiger partial charge in [-0.3, -0.25) is 9.59 Å². The molecule has 0 spiro atoms. The Morgan fingerprint density at radius 1 is 1.06 bits per heavy atom. The molecule has 4 heteroatoms. The second-order valence-electron chi connectivity index (χ2n) is 4.71. The molecule has 0 amide bonds. The van der Waals surface area contributed by atoms with Crippen molar-refractivity contribution in [1.29, 1.82) is 0 Å². The highest BCUT2D eigenvalue weighted by atomic mass is 35.5. The fourth-order valence-corrected chi connectivity index (χ4v) is 2.69. The van der Waals surface area contributed by atoms with Gasteiger partial charge < -0.3 is 5.11 Å². The molecule has 1 aliphatic rings. The molecule has 0 saturated heterocycles. The topological polar surface area (TPSA) is 54.4 Å². The Hall–Kier alpha value is -1.35. The minimum absolute atomic E-state index is 0.0706. The predicted molar refractivity (Wildman–Crippen MR) is 68.9 cm³/mol. The monoisotopic (exact) mass is 266 g/mol. The lowest BCUT2D eigenvalue weighted by atomic mass is 9.75. The molecular weight excluding hydrogens is 252 g/mol. The van der Waals surface area contributed by atoms with Gasteiger partial charge >= 0.3 is 5.97 Å². The minimum Gasteiger partial charge on any atom is -0.481 e. The van der Waals surface area contributed by atoms with Crippen molar-refractivity contribution in [3.63, 3.8) is 0 Å². The van der Waals surface area contributed by atoms with Crippen LogP contribution in [-0.2, 0) is 4.79 Å². The van der Waals surface area contributed by atoms with Gasteiger partial charge in [0.25, 0.3) is 0 Å². The van der Waals surface area contributed by atoms with Crippen LogP contribution in [0.4, 0.5) is 0 Å². The maximum Gasteiger partial charge on any atom is 0.307 e. The molecular formula is C14H15ClO3. The second kappa shape index (κ2) is 5.53. The normalized spacial score (nSPS) is 23.6. The third-order valence-electron chi connectivity index (χ3n) is 3.55. The Morgan fingerprint density at radius 3 is 2.17 bits per heavy atom. The quantitative estimate of drug-likeness (QED) is 0.853. The number of benzene rings is 1. The number of carboxylic acids is 1. The summed E-state index contributed by atoms with van der Waals surface area (Å²) in [7, 11) is 0. The van der Waals surface area contributed by atoms with Crippen LogP contribution in [0.1, 0.15) is 36.0 Å². The van der Waals surface area contributed by atoms with Crippen molar-refractivity contribution in [3.05, 3.63) is 34.9 Å². The smallest absolute Gasteiger partial charge is 0.307 e. The molecule has 96 valence electrons. The van der Waals surface area contributed by atoms with E-state index in [2.05, 4.69) is 0 Å². The number of hydrogen-bond donors (Lipinski definition) is 1. The maximum absolute atomic E-state index is 12.3. The molecule has 0 aliphatic heterocycles. The van der Waals surface area contributed by atoms with Crippen LogP contribution in [0.25, 0.3) is 0 Å². The average molecular weight is 267 g/mol. The number of halogens is 1. The number of aliphatic carboxylic acids is 1. The Balaban J connectivity index is 2.20. The number of Topliss-reactive ketones (excluding diaryl/α,β-unsaturated/α-hetero) is 1. The van der Waals surface area contributed by atoms with Crippen molar-refractivity contribution >= 4 is 23.4 Å². The largest absolute Gasteiger partial charge is 0.481 e. The predicted octanol–water partition coefficient (Wildman–Crippen LogP) is 3.41. The first-order valence-electron chi connectivity index (χ1n) is 6.12. The van der Waals surface area contributed by atoms with E-state index in [0.29, 0.717) is 23.4 Å². The summed E-state index contributed by atoms with van der Waals surface area (Å²) in [6.07, 6.45) is 3.08. The van der Waals surface area contributed by atoms with E-state index in [1.165, 1.54) is 0 Å². The van der Waals surface area contributed by atoms with E-state index in [0.717, 1.165) is 12.8 Å². The Bertz CT molecular complexity index is 453. The third-order valence-corrected chi connectivity index (χ3v) is 3.80. The summed E-state index contributed by atoms with van der Waals surface area (Å²) < 4.78 is 0. The van der Waals surface area contributed by atoms with E-state index in [4.69, 9.17) is 11.6 Å². The van der Waals surface area contributed by atoms with E-state index in [9.17, 15) is 14.7 Å². The lowest BCUT2D eigenvalue weighted by molar-refractivity contribution is -0.144. The number of hydrogen-bond acceptors (Lipinski definition) is 2. The van der Waals surface area contributed by atoms with Crippen LogP contribution >= 0.6 is 11.6 Å². The van der Waals surface area contributed by atoms with Gasteiger partial charge in [0, 0.05) is 16.5 Å². The van der Waals surface area contributed by atoms with Gasteiger partial charge in [-0.25, -0.2) is 0 Å². The van der Waals surface area contributed by atoms with E-state index < -0.39 is 17.8 Å². The fourth-order valence-electron chi connectivity index (χ4n) is 2.57. The Labute approximate surface area is 111 Å². The molecule has 2 rings (SSSR count). The van der Waals surface area contributed by atoms with E-state index >= 15 is 0 Å². The van der Waals surface area contributed by atoms with Crippen LogP contribution in [-0.4, -0.2) is 16.9 Å². The average Bonchev–Trinajstić information content (AvgIpc) is 2.39. The van der Waals surface area contributed by atoms with Crippen LogP contribution in [0.2, 0.25) is 5.02 Å². The number of ketones is 1. The third kappa shape index (κ3) is 2.72. The van der Waals surface area contributed by atoms with Gasteiger partial charge in [0.2, 0.25) is 0 Å². The molecule has 3 nitrogen and oxygen atoms in total. The first-order chi connectivity index (χ1) is 8.59. The molecule has 1 aromatic rings. The number of carboxylic acid groups (broad SMARTS) is 1. The van der Waals surface area contributed by atoms with Gasteiger partial charge in [-0.15, -0.1) is 0 Å². The summed E-state index contributed by atoms with van der Waals surface area (Å²) in [5, 5.41) is 9.75. The highest BCUT2D eigenvalue weighted by molar-refractivity contribution is 6.30. The lowest BCUT2D eigenvalue weighted by Gasteiger charge is -2.27. The molecule has 0 unspecified atom stereocenters. The van der Waals surface area contributed by atoms with E-state index in [1.807, 2.05) is 0 Å². The standard InChI is InChI=1S/C14H15ClO3/c15-10-7-5-9(6-8-10)13(16)11-3-1-2-4-12(11)14(17)18/h5-8,11-12H,1-4H2,(H,17,18)/t11-,12+/m0/s1. The molecule has 1 aromatic carbocycles. The summed E-state index contributed by atoms with van der Waals surface area (Å²) in [6, 6.07) is 6.65. The highest BCUT2D eigenvalue weighted by Crippen LogP contribution is 2.33. The SMILES string of the molecule is O=C(c1ccc(Cl)cc1)[C@H]1CCCC[C@H]1C(=O)O. The zero-order chi connectivity index (χ0) is 13.1. The molecule has 0 bridgehead atoms. The second-order valence-corrected chi connectivity index (χ2v) is 5.14. The first kappa shape index (κ1) is 13.1. The van der Waals surface area contributed by atoms with E-state index in [-0.39, 0.29) is 5.78 Å². The highest BCUT2D eigenvalue weighted by Gasteiger charge is 2.35. The van der Waals surface area contributed by atoms with Gasteiger partial charge in [-0.05, 0) is 37.1 Å².